The third-order valence-electron chi connectivity index (χ3n) is 3.47. The van der Waals surface area contributed by atoms with Crippen molar-refractivity contribution in [3.05, 3.63) is 39.8 Å². The second-order valence-corrected chi connectivity index (χ2v) is 6.25. The van der Waals surface area contributed by atoms with E-state index in [4.69, 9.17) is 0 Å². The number of aryl methyl sites for hydroxylation is 1. The van der Waals surface area contributed by atoms with Gasteiger partial charge < -0.3 is 5.11 Å². The minimum absolute atomic E-state index is 0.441. The number of nitrogens with zero attached hydrogens (tertiary/aromatic N) is 2. The Hall–Kier alpha value is -1.13. The first kappa shape index (κ1) is 14.3. The zero-order chi connectivity index (χ0) is 13.8. The van der Waals surface area contributed by atoms with E-state index in [-0.39, 0.29) is 0 Å². The third kappa shape index (κ3) is 3.45. The molecule has 2 aromatic rings. The van der Waals surface area contributed by atoms with Gasteiger partial charge in [-0.05, 0) is 38.0 Å². The molecule has 1 N–H and O–H groups in total. The number of aliphatic hydroxyl groups excluding tert-OH is 1. The molecule has 0 aliphatic heterocycles. The van der Waals surface area contributed by atoms with Crippen LogP contribution in [0.2, 0.25) is 0 Å². The van der Waals surface area contributed by atoms with Crippen LogP contribution in [-0.2, 0) is 6.42 Å². The zero-order valence-corrected chi connectivity index (χ0v) is 12.7. The predicted molar refractivity (Wildman–Crippen MR) is 79.6 cm³/mol. The first-order valence-electron chi connectivity index (χ1n) is 6.92. The zero-order valence-electron chi connectivity index (χ0n) is 11.8. The van der Waals surface area contributed by atoms with Gasteiger partial charge in [0.25, 0.3) is 0 Å². The Kier molecular flexibility index (Phi) is 4.77. The molecule has 4 heteroatoms. The molecule has 0 saturated heterocycles. The van der Waals surface area contributed by atoms with E-state index >= 15 is 0 Å². The summed E-state index contributed by atoms with van der Waals surface area (Å²) >= 11 is 1.65. The van der Waals surface area contributed by atoms with Crippen molar-refractivity contribution in [2.24, 2.45) is 0 Å². The van der Waals surface area contributed by atoms with E-state index in [1.165, 1.54) is 4.88 Å². The van der Waals surface area contributed by atoms with Gasteiger partial charge in [-0.3, -0.25) is 4.68 Å². The highest BCUT2D eigenvalue weighted by atomic mass is 32.1. The third-order valence-corrected chi connectivity index (χ3v) is 4.57. The monoisotopic (exact) mass is 278 g/mol. The van der Waals surface area contributed by atoms with Crippen LogP contribution in [0.5, 0.6) is 0 Å². The fourth-order valence-corrected chi connectivity index (χ4v) is 3.15. The molecule has 3 nitrogen and oxygen atoms in total. The molecule has 0 radical (unpaired) electrons. The van der Waals surface area contributed by atoms with Crippen LogP contribution < -0.4 is 0 Å². The average Bonchev–Trinajstić information content (AvgIpc) is 3.00. The molecule has 0 aliphatic rings. The number of hydrogen-bond donors (Lipinski definition) is 1. The summed E-state index contributed by atoms with van der Waals surface area (Å²) in [5.74, 6) is 0. The van der Waals surface area contributed by atoms with Gasteiger partial charge in [-0.15, -0.1) is 11.3 Å². The molecule has 19 heavy (non-hydrogen) atoms. The number of rotatable bonds is 6. The predicted octanol–water partition coefficient (Wildman–Crippen LogP) is 3.89. The molecule has 2 rings (SSSR count). The molecule has 2 heterocycles. The van der Waals surface area contributed by atoms with Gasteiger partial charge in [-0.1, -0.05) is 13.8 Å². The van der Waals surface area contributed by atoms with Crippen LogP contribution in [0.25, 0.3) is 0 Å². The van der Waals surface area contributed by atoms with Gasteiger partial charge in [0.1, 0.15) is 0 Å². The Morgan fingerprint density at radius 3 is 2.58 bits per heavy atom. The Bertz CT molecular complexity index is 514. The van der Waals surface area contributed by atoms with E-state index in [0.29, 0.717) is 12.5 Å². The highest BCUT2D eigenvalue weighted by Crippen LogP contribution is 2.25. The lowest BCUT2D eigenvalue weighted by Gasteiger charge is -2.12. The first-order chi connectivity index (χ1) is 9.13. The summed E-state index contributed by atoms with van der Waals surface area (Å²) < 4.78 is 2.03. The smallest absolute Gasteiger partial charge is 0.0938 e. The van der Waals surface area contributed by atoms with Crippen LogP contribution in [0.4, 0.5) is 0 Å². The van der Waals surface area contributed by atoms with Crippen molar-refractivity contribution in [1.29, 1.82) is 0 Å². The molecule has 0 saturated carbocycles. The topological polar surface area (TPSA) is 38.0 Å². The Balaban J connectivity index is 2.03. The summed E-state index contributed by atoms with van der Waals surface area (Å²) in [7, 11) is 0. The Morgan fingerprint density at radius 1 is 1.26 bits per heavy atom. The molecule has 0 amide bonds. The molecule has 1 unspecified atom stereocenters. The average molecular weight is 278 g/mol. The quantitative estimate of drug-likeness (QED) is 0.870. The lowest BCUT2D eigenvalue weighted by Crippen LogP contribution is -2.08. The molecule has 0 aromatic carbocycles. The second kappa shape index (κ2) is 6.35. The number of aliphatic hydroxyl groups is 1. The van der Waals surface area contributed by atoms with E-state index in [1.807, 2.05) is 29.1 Å². The van der Waals surface area contributed by atoms with Crippen molar-refractivity contribution in [1.82, 2.24) is 9.78 Å². The van der Waals surface area contributed by atoms with Gasteiger partial charge in [0.05, 0.1) is 17.8 Å². The molecular weight excluding hydrogens is 256 g/mol. The Morgan fingerprint density at radius 2 is 2.00 bits per heavy atom. The molecule has 2 aromatic heterocycles. The maximum absolute atomic E-state index is 10.2. The fraction of sp³-hybridized carbons (Fsp3) is 0.533. The summed E-state index contributed by atoms with van der Waals surface area (Å²) in [6, 6.07) is 6.53. The van der Waals surface area contributed by atoms with Crippen molar-refractivity contribution in [2.75, 3.05) is 0 Å². The lowest BCUT2D eigenvalue weighted by atomic mass is 10.2. The van der Waals surface area contributed by atoms with Crippen LogP contribution in [0, 0.1) is 6.92 Å². The van der Waals surface area contributed by atoms with Gasteiger partial charge in [0, 0.05) is 22.4 Å². The summed E-state index contributed by atoms with van der Waals surface area (Å²) in [6.45, 7) is 6.42. The van der Waals surface area contributed by atoms with E-state index in [9.17, 15) is 5.11 Å². The highest BCUT2D eigenvalue weighted by molar-refractivity contribution is 7.12. The maximum Gasteiger partial charge on any atom is 0.0938 e. The van der Waals surface area contributed by atoms with Crippen LogP contribution in [-0.4, -0.2) is 14.9 Å². The minimum atomic E-state index is -0.441. The second-order valence-electron chi connectivity index (χ2n) is 4.93. The molecule has 0 bridgehead atoms. The van der Waals surface area contributed by atoms with Crippen molar-refractivity contribution >= 4 is 11.3 Å². The maximum atomic E-state index is 10.2. The SMILES string of the molecule is CCC(CC)n1ccc(CC(O)c2ccc(C)s2)n1. The van der Waals surface area contributed by atoms with Gasteiger partial charge >= 0.3 is 0 Å². The number of aromatic nitrogens is 2. The van der Waals surface area contributed by atoms with Gasteiger partial charge in [0.2, 0.25) is 0 Å². The lowest BCUT2D eigenvalue weighted by molar-refractivity contribution is 0.180. The van der Waals surface area contributed by atoms with Gasteiger partial charge in [-0.2, -0.15) is 5.10 Å². The summed E-state index contributed by atoms with van der Waals surface area (Å²) in [5.41, 5.74) is 0.963. The van der Waals surface area contributed by atoms with Crippen molar-refractivity contribution < 1.29 is 5.11 Å². The molecule has 0 spiro atoms. The molecule has 0 fully saturated rings. The number of thiophene rings is 1. The Labute approximate surface area is 118 Å². The summed E-state index contributed by atoms with van der Waals surface area (Å²) in [5, 5.41) is 14.8. The van der Waals surface area contributed by atoms with Crippen molar-refractivity contribution in [3.63, 3.8) is 0 Å². The normalized spacial score (nSPS) is 13.1. The minimum Gasteiger partial charge on any atom is -0.387 e. The van der Waals surface area contributed by atoms with Crippen LogP contribution in [0.1, 0.15) is 54.3 Å². The van der Waals surface area contributed by atoms with Gasteiger partial charge in [-0.25, -0.2) is 0 Å². The highest BCUT2D eigenvalue weighted by Gasteiger charge is 2.14. The molecular formula is C15H22N2OS. The molecule has 0 aliphatic carbocycles. The number of hydrogen-bond acceptors (Lipinski definition) is 3. The van der Waals surface area contributed by atoms with E-state index in [2.05, 4.69) is 25.9 Å². The largest absolute Gasteiger partial charge is 0.387 e. The van der Waals surface area contributed by atoms with Crippen LogP contribution in [0.15, 0.2) is 24.4 Å². The van der Waals surface area contributed by atoms with Crippen molar-refractivity contribution in [2.45, 2.75) is 52.2 Å². The van der Waals surface area contributed by atoms with Gasteiger partial charge in [0.15, 0.2) is 0 Å². The fourth-order valence-electron chi connectivity index (χ4n) is 2.28. The van der Waals surface area contributed by atoms with E-state index in [0.717, 1.165) is 23.4 Å². The summed E-state index contributed by atoms with van der Waals surface area (Å²) in [6.07, 6.45) is 4.35. The summed E-state index contributed by atoms with van der Waals surface area (Å²) in [4.78, 5) is 2.26. The van der Waals surface area contributed by atoms with E-state index < -0.39 is 6.10 Å². The van der Waals surface area contributed by atoms with Crippen LogP contribution >= 0.6 is 11.3 Å². The first-order valence-corrected chi connectivity index (χ1v) is 7.74. The molecule has 104 valence electrons. The van der Waals surface area contributed by atoms with Crippen molar-refractivity contribution in [3.8, 4) is 0 Å². The van der Waals surface area contributed by atoms with Crippen LogP contribution in [0.3, 0.4) is 0 Å². The van der Waals surface area contributed by atoms with E-state index in [1.54, 1.807) is 11.3 Å². The standard InChI is InChI=1S/C15H22N2OS/c1-4-13(5-2)17-9-8-12(16-17)10-14(18)15-7-6-11(3)19-15/h6-9,13-14,18H,4-5,10H2,1-3H3. The molecule has 1 atom stereocenters.